The third kappa shape index (κ3) is 3.79. The molecule has 0 fully saturated rings. The fourth-order valence-electron chi connectivity index (χ4n) is 1.85. The Hall–Kier alpha value is -2.42. The molecule has 2 aromatic carbocycles. The number of methoxy groups -OCH3 is 1. The van der Waals surface area contributed by atoms with Gasteiger partial charge in [-0.3, -0.25) is 0 Å². The number of rotatable bonds is 7. The van der Waals surface area contributed by atoms with Crippen molar-refractivity contribution in [2.75, 3.05) is 19.0 Å². The topological polar surface area (TPSA) is 30.5 Å². The molecule has 3 heteroatoms. The Morgan fingerprint density at radius 2 is 1.90 bits per heavy atom. The number of ether oxygens (including phenoxy) is 2. The zero-order chi connectivity index (χ0) is 14.2. The third-order valence-electron chi connectivity index (χ3n) is 2.86. The van der Waals surface area contributed by atoms with Crippen molar-refractivity contribution in [3.63, 3.8) is 0 Å². The molecule has 0 heterocycles. The van der Waals surface area contributed by atoms with Gasteiger partial charge in [0.25, 0.3) is 0 Å². The van der Waals surface area contributed by atoms with Crippen molar-refractivity contribution in [2.45, 2.75) is 6.54 Å². The van der Waals surface area contributed by atoms with Crippen LogP contribution in [0.25, 0.3) is 0 Å². The van der Waals surface area contributed by atoms with Crippen molar-refractivity contribution in [1.29, 1.82) is 0 Å². The van der Waals surface area contributed by atoms with Gasteiger partial charge in [0.1, 0.15) is 6.61 Å². The molecule has 2 aromatic rings. The van der Waals surface area contributed by atoms with Crippen LogP contribution in [0.5, 0.6) is 11.5 Å². The zero-order valence-corrected chi connectivity index (χ0v) is 11.6. The van der Waals surface area contributed by atoms with Gasteiger partial charge in [-0.2, -0.15) is 0 Å². The molecule has 0 atom stereocenters. The molecule has 20 heavy (non-hydrogen) atoms. The molecule has 0 unspecified atom stereocenters. The van der Waals surface area contributed by atoms with Crippen molar-refractivity contribution in [1.82, 2.24) is 0 Å². The molecule has 0 aliphatic carbocycles. The number of para-hydroxylation sites is 1. The highest BCUT2D eigenvalue weighted by atomic mass is 16.5. The van der Waals surface area contributed by atoms with Crippen LogP contribution in [-0.4, -0.2) is 13.7 Å². The fraction of sp³-hybridized carbons (Fsp3) is 0.176. The third-order valence-corrected chi connectivity index (χ3v) is 2.86. The highest BCUT2D eigenvalue weighted by Crippen LogP contribution is 2.28. The van der Waals surface area contributed by atoms with Crippen LogP contribution in [0.4, 0.5) is 5.69 Å². The summed E-state index contributed by atoms with van der Waals surface area (Å²) in [6.45, 7) is 4.84. The molecule has 3 nitrogen and oxygen atoms in total. The second-order valence-electron chi connectivity index (χ2n) is 4.30. The van der Waals surface area contributed by atoms with E-state index in [1.807, 2.05) is 48.5 Å². The molecule has 2 rings (SSSR count). The summed E-state index contributed by atoms with van der Waals surface area (Å²) in [5.74, 6) is 1.47. The Kier molecular flexibility index (Phi) is 5.07. The van der Waals surface area contributed by atoms with E-state index in [2.05, 4.69) is 11.9 Å². The lowest BCUT2D eigenvalue weighted by Gasteiger charge is -2.12. The van der Waals surface area contributed by atoms with Crippen LogP contribution in [0.3, 0.4) is 0 Å². The van der Waals surface area contributed by atoms with Crippen LogP contribution < -0.4 is 14.8 Å². The van der Waals surface area contributed by atoms with E-state index in [1.54, 1.807) is 13.2 Å². The minimum absolute atomic E-state index is 0.470. The molecule has 0 radical (unpaired) electrons. The maximum atomic E-state index is 5.53. The van der Waals surface area contributed by atoms with Gasteiger partial charge in [0.05, 0.1) is 7.11 Å². The largest absolute Gasteiger partial charge is 0.493 e. The summed E-state index contributed by atoms with van der Waals surface area (Å²) in [4.78, 5) is 0. The molecule has 104 valence electrons. The van der Waals surface area contributed by atoms with Gasteiger partial charge in [-0.05, 0) is 29.8 Å². The zero-order valence-electron chi connectivity index (χ0n) is 11.6. The summed E-state index contributed by atoms with van der Waals surface area (Å²) in [6, 6.07) is 16.0. The lowest BCUT2D eigenvalue weighted by molar-refractivity contribution is 0.326. The molecular weight excluding hydrogens is 250 g/mol. The van der Waals surface area contributed by atoms with Gasteiger partial charge in [-0.1, -0.05) is 36.9 Å². The Balaban J connectivity index is 2.03. The molecule has 0 amide bonds. The molecule has 0 spiro atoms. The highest BCUT2D eigenvalue weighted by molar-refractivity contribution is 5.46. The van der Waals surface area contributed by atoms with E-state index in [0.717, 1.165) is 29.3 Å². The van der Waals surface area contributed by atoms with Gasteiger partial charge in [0.2, 0.25) is 0 Å². The van der Waals surface area contributed by atoms with E-state index in [9.17, 15) is 0 Å². The average Bonchev–Trinajstić information content (AvgIpc) is 2.52. The number of hydrogen-bond donors (Lipinski definition) is 1. The van der Waals surface area contributed by atoms with Gasteiger partial charge >= 0.3 is 0 Å². The molecule has 0 saturated heterocycles. The Morgan fingerprint density at radius 3 is 2.60 bits per heavy atom. The van der Waals surface area contributed by atoms with Crippen molar-refractivity contribution in [2.24, 2.45) is 0 Å². The van der Waals surface area contributed by atoms with Crippen molar-refractivity contribution in [3.05, 3.63) is 66.7 Å². The Labute approximate surface area is 119 Å². The van der Waals surface area contributed by atoms with Crippen molar-refractivity contribution in [3.8, 4) is 11.5 Å². The van der Waals surface area contributed by atoms with Gasteiger partial charge in [0, 0.05) is 12.2 Å². The lowest BCUT2D eigenvalue weighted by Crippen LogP contribution is -2.01. The van der Waals surface area contributed by atoms with Gasteiger partial charge in [-0.15, -0.1) is 0 Å². The quantitative estimate of drug-likeness (QED) is 0.774. The smallest absolute Gasteiger partial charge is 0.161 e. The predicted octanol–water partition coefficient (Wildman–Crippen LogP) is 3.87. The fourth-order valence-corrected chi connectivity index (χ4v) is 1.85. The molecule has 1 N–H and O–H groups in total. The van der Waals surface area contributed by atoms with Crippen LogP contribution in [0.2, 0.25) is 0 Å². The van der Waals surface area contributed by atoms with Crippen LogP contribution >= 0.6 is 0 Å². The van der Waals surface area contributed by atoms with Gasteiger partial charge in [0.15, 0.2) is 11.5 Å². The number of nitrogens with one attached hydrogen (secondary N) is 1. The van der Waals surface area contributed by atoms with Gasteiger partial charge in [-0.25, -0.2) is 0 Å². The van der Waals surface area contributed by atoms with E-state index in [4.69, 9.17) is 9.47 Å². The molecule has 0 aliphatic rings. The van der Waals surface area contributed by atoms with Crippen LogP contribution in [0.1, 0.15) is 5.56 Å². The Morgan fingerprint density at radius 1 is 1.10 bits per heavy atom. The van der Waals surface area contributed by atoms with E-state index in [0.29, 0.717) is 6.61 Å². The minimum atomic E-state index is 0.470. The van der Waals surface area contributed by atoms with E-state index >= 15 is 0 Å². The molecule has 0 saturated carbocycles. The average molecular weight is 269 g/mol. The first kappa shape index (κ1) is 14.0. The predicted molar refractivity (Wildman–Crippen MR) is 82.5 cm³/mol. The second kappa shape index (κ2) is 7.24. The maximum Gasteiger partial charge on any atom is 0.161 e. The standard InChI is InChI=1S/C17H19NO2/c1-3-11-20-16-10-9-14(12-17(16)19-2)13-18-15-7-5-4-6-8-15/h3-10,12,18H,1,11,13H2,2H3. The molecular formula is C17H19NO2. The summed E-state index contributed by atoms with van der Waals surface area (Å²) in [7, 11) is 1.64. The van der Waals surface area contributed by atoms with E-state index in [1.165, 1.54) is 0 Å². The van der Waals surface area contributed by atoms with Crippen molar-refractivity contribution >= 4 is 5.69 Å². The maximum absolute atomic E-state index is 5.53. The highest BCUT2D eigenvalue weighted by Gasteiger charge is 2.05. The first-order valence-corrected chi connectivity index (χ1v) is 6.53. The van der Waals surface area contributed by atoms with E-state index in [-0.39, 0.29) is 0 Å². The number of benzene rings is 2. The Bertz CT molecular complexity index is 552. The summed E-state index contributed by atoms with van der Waals surface area (Å²) >= 11 is 0. The first-order chi connectivity index (χ1) is 9.83. The van der Waals surface area contributed by atoms with E-state index < -0.39 is 0 Å². The molecule has 0 aliphatic heterocycles. The lowest BCUT2D eigenvalue weighted by atomic mass is 10.2. The van der Waals surface area contributed by atoms with Crippen LogP contribution in [-0.2, 0) is 6.54 Å². The summed E-state index contributed by atoms with van der Waals surface area (Å²) < 4.78 is 10.9. The number of hydrogen-bond acceptors (Lipinski definition) is 3. The van der Waals surface area contributed by atoms with Crippen molar-refractivity contribution < 1.29 is 9.47 Å². The normalized spacial score (nSPS) is 9.85. The second-order valence-corrected chi connectivity index (χ2v) is 4.30. The molecule has 0 bridgehead atoms. The van der Waals surface area contributed by atoms with Crippen LogP contribution in [0, 0.1) is 0 Å². The minimum Gasteiger partial charge on any atom is -0.493 e. The summed E-state index contributed by atoms with van der Waals surface area (Å²) in [5.41, 5.74) is 2.23. The first-order valence-electron chi connectivity index (χ1n) is 6.53. The summed E-state index contributed by atoms with van der Waals surface area (Å²) in [6.07, 6.45) is 1.71. The molecule has 0 aromatic heterocycles. The monoisotopic (exact) mass is 269 g/mol. The van der Waals surface area contributed by atoms with Crippen LogP contribution in [0.15, 0.2) is 61.2 Å². The number of anilines is 1. The SMILES string of the molecule is C=CCOc1ccc(CNc2ccccc2)cc1OC. The van der Waals surface area contributed by atoms with Gasteiger partial charge < -0.3 is 14.8 Å². The summed E-state index contributed by atoms with van der Waals surface area (Å²) in [5, 5.41) is 3.36.